The molecule has 0 fully saturated rings. The maximum Gasteiger partial charge on any atom is 0.108 e. The van der Waals surface area contributed by atoms with Crippen LogP contribution >= 0.6 is 0 Å². The minimum absolute atomic E-state index is 0.443. The molecule has 1 N–H and O–H groups in total. The first-order valence-corrected chi connectivity index (χ1v) is 8.96. The Balaban J connectivity index is 1.53. The van der Waals surface area contributed by atoms with Crippen LogP contribution < -0.4 is 0 Å². The Kier molecular flexibility index (Phi) is 3.67. The zero-order chi connectivity index (χ0) is 16.8. The predicted molar refractivity (Wildman–Crippen MR) is 99.4 cm³/mol. The summed E-state index contributed by atoms with van der Waals surface area (Å²) in [5.74, 6) is 2.06. The molecule has 124 valence electrons. The second kappa shape index (κ2) is 5.73. The number of hydrogen-bond acceptors (Lipinski definition) is 2. The maximum atomic E-state index is 4.88. The van der Waals surface area contributed by atoms with E-state index in [4.69, 9.17) is 4.99 Å². The average Bonchev–Trinajstić information content (AvgIpc) is 3.20. The first-order chi connectivity index (χ1) is 11.5. The Bertz CT molecular complexity index is 850. The van der Waals surface area contributed by atoms with Crippen LogP contribution in [0.5, 0.6) is 0 Å². The molecule has 2 aromatic rings. The van der Waals surface area contributed by atoms with Crippen LogP contribution in [0, 0.1) is 5.92 Å². The van der Waals surface area contributed by atoms with Crippen molar-refractivity contribution >= 4 is 11.3 Å². The number of aromatic nitrogens is 2. The van der Waals surface area contributed by atoms with Crippen LogP contribution in [-0.4, -0.2) is 15.7 Å². The van der Waals surface area contributed by atoms with Gasteiger partial charge in [-0.05, 0) is 28.2 Å². The third-order valence-corrected chi connectivity index (χ3v) is 5.09. The van der Waals surface area contributed by atoms with Gasteiger partial charge in [0.1, 0.15) is 5.82 Å². The van der Waals surface area contributed by atoms with Gasteiger partial charge in [0.2, 0.25) is 0 Å². The Labute approximate surface area is 143 Å². The van der Waals surface area contributed by atoms with Crippen LogP contribution in [0.3, 0.4) is 0 Å². The van der Waals surface area contributed by atoms with Gasteiger partial charge in [-0.15, -0.1) is 0 Å². The molecule has 1 aliphatic carbocycles. The van der Waals surface area contributed by atoms with E-state index in [1.54, 1.807) is 0 Å². The molecule has 0 saturated heterocycles. The number of nitrogens with zero attached hydrogens (tertiary/aromatic N) is 2. The summed E-state index contributed by atoms with van der Waals surface area (Å²) >= 11 is 0. The maximum absolute atomic E-state index is 4.88. The van der Waals surface area contributed by atoms with Crippen molar-refractivity contribution in [1.29, 1.82) is 0 Å². The van der Waals surface area contributed by atoms with Gasteiger partial charge in [-0.25, -0.2) is 4.98 Å². The largest absolute Gasteiger partial charge is 0.345 e. The average molecular weight is 319 g/mol. The predicted octanol–water partition coefficient (Wildman–Crippen LogP) is 4.89. The van der Waals surface area contributed by atoms with Crippen LogP contribution in [0.25, 0.3) is 5.57 Å². The lowest BCUT2D eigenvalue weighted by Gasteiger charge is -2.10. The summed E-state index contributed by atoms with van der Waals surface area (Å²) in [4.78, 5) is 12.8. The molecule has 4 rings (SSSR count). The first-order valence-electron chi connectivity index (χ1n) is 8.96. The second-order valence-electron chi connectivity index (χ2n) is 7.65. The van der Waals surface area contributed by atoms with E-state index in [2.05, 4.69) is 55.9 Å². The molecule has 24 heavy (non-hydrogen) atoms. The number of allylic oxidation sites excluding steroid dienone is 2. The molecule has 0 amide bonds. The van der Waals surface area contributed by atoms with E-state index in [-0.39, 0.29) is 0 Å². The first kappa shape index (κ1) is 15.4. The topological polar surface area (TPSA) is 41.0 Å². The Morgan fingerprint density at radius 3 is 2.62 bits per heavy atom. The number of H-pyrrole nitrogens is 1. The van der Waals surface area contributed by atoms with Crippen LogP contribution in [0.15, 0.2) is 35.1 Å². The highest BCUT2D eigenvalue weighted by molar-refractivity contribution is 6.02. The Morgan fingerprint density at radius 1 is 1.08 bits per heavy atom. The summed E-state index contributed by atoms with van der Waals surface area (Å²) in [6.07, 6.45) is 4.92. The summed E-state index contributed by atoms with van der Waals surface area (Å²) in [6, 6.07) is 6.91. The van der Waals surface area contributed by atoms with Crippen molar-refractivity contribution in [1.82, 2.24) is 9.97 Å². The molecular weight excluding hydrogens is 294 g/mol. The van der Waals surface area contributed by atoms with Crippen molar-refractivity contribution in [3.8, 4) is 0 Å². The summed E-state index contributed by atoms with van der Waals surface area (Å²) < 4.78 is 0. The smallest absolute Gasteiger partial charge is 0.108 e. The van der Waals surface area contributed by atoms with Gasteiger partial charge in [-0.1, -0.05) is 45.9 Å². The second-order valence-corrected chi connectivity index (χ2v) is 7.65. The molecule has 3 nitrogen and oxygen atoms in total. The third kappa shape index (κ3) is 2.62. The number of aliphatic imine (C=N–C) groups is 1. The van der Waals surface area contributed by atoms with Crippen molar-refractivity contribution < 1.29 is 0 Å². The quantitative estimate of drug-likeness (QED) is 0.856. The van der Waals surface area contributed by atoms with Crippen LogP contribution in [0.4, 0.5) is 0 Å². The highest BCUT2D eigenvalue weighted by Crippen LogP contribution is 2.41. The van der Waals surface area contributed by atoms with Crippen LogP contribution in [-0.2, 0) is 12.8 Å². The molecule has 2 heterocycles. The number of nitrogens with one attached hydrogen (secondary N) is 1. The molecular formula is C21H25N3. The van der Waals surface area contributed by atoms with E-state index in [9.17, 15) is 0 Å². The monoisotopic (exact) mass is 319 g/mol. The molecule has 3 heteroatoms. The van der Waals surface area contributed by atoms with Gasteiger partial charge in [0.05, 0.1) is 0 Å². The summed E-state index contributed by atoms with van der Waals surface area (Å²) in [5, 5.41) is 0. The summed E-state index contributed by atoms with van der Waals surface area (Å²) in [7, 11) is 0. The zero-order valence-corrected chi connectivity index (χ0v) is 15.0. The summed E-state index contributed by atoms with van der Waals surface area (Å²) in [6.45, 7) is 8.80. The molecule has 0 spiro atoms. The lowest BCUT2D eigenvalue weighted by molar-refractivity contribution is 0.790. The number of fused-ring (bicyclic) bond motifs is 2. The van der Waals surface area contributed by atoms with Crippen molar-refractivity contribution in [3.63, 3.8) is 0 Å². The van der Waals surface area contributed by atoms with E-state index in [1.807, 2.05) is 6.20 Å². The molecule has 0 atom stereocenters. The SMILES string of the molecule is CC(C)C1=NC2=C(C1)c1ccc(Cc3cnc(C(C)C)[nH]3)cc1C2. The number of imidazole rings is 1. The third-order valence-electron chi connectivity index (χ3n) is 5.09. The molecule has 0 unspecified atom stereocenters. The van der Waals surface area contributed by atoms with Gasteiger partial charge in [0.25, 0.3) is 0 Å². The Hall–Kier alpha value is -2.16. The van der Waals surface area contributed by atoms with E-state index in [0.29, 0.717) is 11.8 Å². The van der Waals surface area contributed by atoms with E-state index in [1.165, 1.54) is 39.4 Å². The van der Waals surface area contributed by atoms with Gasteiger partial charge in [0.15, 0.2) is 0 Å². The number of hydrogen-bond donors (Lipinski definition) is 1. The number of benzene rings is 1. The molecule has 2 aliphatic rings. The van der Waals surface area contributed by atoms with Crippen LogP contribution in [0.1, 0.15) is 68.2 Å². The lowest BCUT2D eigenvalue weighted by Crippen LogP contribution is -2.05. The molecule has 0 saturated carbocycles. The van der Waals surface area contributed by atoms with Crippen molar-refractivity contribution in [2.45, 2.75) is 52.9 Å². The van der Waals surface area contributed by atoms with Gasteiger partial charge in [-0.3, -0.25) is 4.99 Å². The zero-order valence-electron chi connectivity index (χ0n) is 15.0. The molecule has 1 aromatic carbocycles. The number of aromatic amines is 1. The van der Waals surface area contributed by atoms with Gasteiger partial charge in [-0.2, -0.15) is 0 Å². The van der Waals surface area contributed by atoms with Gasteiger partial charge in [0, 0.05) is 48.5 Å². The van der Waals surface area contributed by atoms with Gasteiger partial charge >= 0.3 is 0 Å². The van der Waals surface area contributed by atoms with Crippen molar-refractivity contribution in [2.75, 3.05) is 0 Å². The van der Waals surface area contributed by atoms with E-state index in [0.717, 1.165) is 25.1 Å². The standard InChI is InChI=1S/C21H25N3/c1-12(2)19-10-18-17-6-5-14(7-15(17)9-20(18)24-19)8-16-11-22-21(23-16)13(3)4/h5-7,11-13H,8-10H2,1-4H3,(H,22,23). The lowest BCUT2D eigenvalue weighted by atomic mass is 9.95. The van der Waals surface area contributed by atoms with Crippen LogP contribution in [0.2, 0.25) is 0 Å². The Morgan fingerprint density at radius 2 is 1.92 bits per heavy atom. The highest BCUT2D eigenvalue weighted by Gasteiger charge is 2.28. The highest BCUT2D eigenvalue weighted by atomic mass is 14.9. The fourth-order valence-electron chi connectivity index (χ4n) is 3.65. The minimum atomic E-state index is 0.443. The normalized spacial score (nSPS) is 16.2. The minimum Gasteiger partial charge on any atom is -0.345 e. The van der Waals surface area contributed by atoms with E-state index < -0.39 is 0 Å². The molecule has 0 bridgehead atoms. The fraction of sp³-hybridized carbons (Fsp3) is 0.429. The van der Waals surface area contributed by atoms with E-state index >= 15 is 0 Å². The summed E-state index contributed by atoms with van der Waals surface area (Å²) in [5.41, 5.74) is 9.50. The van der Waals surface area contributed by atoms with Crippen molar-refractivity contribution in [2.24, 2.45) is 10.9 Å². The molecule has 1 aromatic heterocycles. The van der Waals surface area contributed by atoms with Crippen molar-refractivity contribution in [3.05, 3.63) is 58.3 Å². The molecule has 1 aliphatic heterocycles. The van der Waals surface area contributed by atoms with Gasteiger partial charge < -0.3 is 4.98 Å². The number of rotatable bonds is 4. The fourth-order valence-corrected chi connectivity index (χ4v) is 3.65. The molecule has 0 radical (unpaired) electrons.